The van der Waals surface area contributed by atoms with Crippen LogP contribution in [0.25, 0.3) is 0 Å². The molecule has 3 amide bonds. The van der Waals surface area contributed by atoms with Gasteiger partial charge in [-0.1, -0.05) is 50.4 Å². The number of hydrogen-bond acceptors (Lipinski definition) is 5. The van der Waals surface area contributed by atoms with Crippen molar-refractivity contribution >= 4 is 29.3 Å². The third-order valence-electron chi connectivity index (χ3n) is 11.1. The molecule has 0 N–H and O–H groups in total. The van der Waals surface area contributed by atoms with E-state index in [1.54, 1.807) is 0 Å². The molecule has 0 radical (unpaired) electrons. The van der Waals surface area contributed by atoms with Gasteiger partial charge in [-0.2, -0.15) is 0 Å². The Hall–Kier alpha value is -2.16. The number of unbranched alkanes of at least 4 members (excludes halogenated alkanes) is 2. The van der Waals surface area contributed by atoms with Crippen molar-refractivity contribution in [2.24, 2.45) is 11.8 Å². The summed E-state index contributed by atoms with van der Waals surface area (Å²) in [6.07, 6.45) is 8.25. The highest BCUT2D eigenvalue weighted by Crippen LogP contribution is 2.40. The number of amides is 3. The molecule has 1 aliphatic carbocycles. The Morgan fingerprint density at radius 1 is 0.913 bits per heavy atom. The quantitative estimate of drug-likeness (QED) is 0.306. The molecule has 1 aromatic carbocycles. The Morgan fingerprint density at radius 3 is 2.22 bits per heavy atom. The molecule has 3 aliphatic heterocycles. The maximum Gasteiger partial charge on any atom is 0.245 e. The molecule has 0 spiro atoms. The molecule has 3 saturated heterocycles. The lowest BCUT2D eigenvalue weighted by atomic mass is 9.85. The minimum absolute atomic E-state index is 0.00326. The van der Waals surface area contributed by atoms with Crippen molar-refractivity contribution < 1.29 is 19.1 Å². The van der Waals surface area contributed by atoms with Gasteiger partial charge in [0.1, 0.15) is 6.04 Å². The number of halogens is 1. The van der Waals surface area contributed by atoms with E-state index in [2.05, 4.69) is 44.4 Å². The van der Waals surface area contributed by atoms with Gasteiger partial charge in [-0.25, -0.2) is 0 Å². The Balaban J connectivity index is 1.46. The van der Waals surface area contributed by atoms with Gasteiger partial charge in [0.25, 0.3) is 0 Å². The summed E-state index contributed by atoms with van der Waals surface area (Å²) in [6, 6.07) is 7.35. The van der Waals surface area contributed by atoms with Crippen LogP contribution in [0.1, 0.15) is 104 Å². The predicted octanol–water partition coefficient (Wildman–Crippen LogP) is 5.97. The summed E-state index contributed by atoms with van der Waals surface area (Å²) in [5.74, 6) is 0.615. The summed E-state index contributed by atoms with van der Waals surface area (Å²) >= 11 is 6.26. The zero-order valence-electron chi connectivity index (χ0n) is 28.9. The second kappa shape index (κ2) is 15.4. The van der Waals surface area contributed by atoms with E-state index < -0.39 is 6.04 Å². The molecule has 4 fully saturated rings. The molecule has 0 bridgehead atoms. The number of benzene rings is 1. The van der Waals surface area contributed by atoms with Crippen molar-refractivity contribution in [2.75, 3.05) is 45.9 Å². The molecule has 8 nitrogen and oxygen atoms in total. The number of carbonyl (C=O) groups is 3. The van der Waals surface area contributed by atoms with Crippen molar-refractivity contribution in [3.8, 4) is 0 Å². The van der Waals surface area contributed by atoms with Crippen LogP contribution in [0.3, 0.4) is 0 Å². The van der Waals surface area contributed by atoms with E-state index in [1.165, 1.54) is 0 Å². The van der Waals surface area contributed by atoms with Gasteiger partial charge >= 0.3 is 0 Å². The van der Waals surface area contributed by atoms with Crippen LogP contribution in [-0.2, 0) is 19.1 Å². The van der Waals surface area contributed by atoms with Crippen LogP contribution >= 0.6 is 11.6 Å². The average molecular weight is 657 g/mol. The van der Waals surface area contributed by atoms with Crippen LogP contribution in [0.5, 0.6) is 0 Å². The van der Waals surface area contributed by atoms with E-state index >= 15 is 0 Å². The van der Waals surface area contributed by atoms with Gasteiger partial charge < -0.3 is 19.4 Å². The zero-order chi connectivity index (χ0) is 33.0. The average Bonchev–Trinajstić information content (AvgIpc) is 3.69. The molecule has 3 heterocycles. The maximum absolute atomic E-state index is 14.9. The first-order chi connectivity index (χ1) is 22.0. The Labute approximate surface area is 282 Å². The fourth-order valence-corrected chi connectivity index (χ4v) is 8.36. The summed E-state index contributed by atoms with van der Waals surface area (Å²) < 4.78 is 5.57. The van der Waals surface area contributed by atoms with Gasteiger partial charge in [0.15, 0.2) is 0 Å². The number of carbonyl (C=O) groups excluding carboxylic acids is 3. The number of ether oxygens (including phenoxy) is 1. The monoisotopic (exact) mass is 656 g/mol. The SMILES string of the molecule is CCCCCC(=O)N(C1CCC(C)CC1)[C@H]1C[C@@H](C(=O)N2CCOCC2)N(C(=O)[C@@H]2CN(C(C)(C)C)C[C@H]2c2ccc(Cl)cc2)C1. The van der Waals surface area contributed by atoms with Crippen LogP contribution in [0.2, 0.25) is 5.02 Å². The van der Waals surface area contributed by atoms with E-state index in [0.29, 0.717) is 63.2 Å². The first kappa shape index (κ1) is 35.2. The van der Waals surface area contributed by atoms with Crippen molar-refractivity contribution in [1.82, 2.24) is 19.6 Å². The second-order valence-corrected chi connectivity index (χ2v) is 15.8. The van der Waals surface area contributed by atoms with Gasteiger partial charge in [0.05, 0.1) is 25.2 Å². The summed E-state index contributed by atoms with van der Waals surface area (Å²) in [5, 5.41) is 0.677. The van der Waals surface area contributed by atoms with Crippen LogP contribution in [0, 0.1) is 11.8 Å². The molecule has 256 valence electrons. The highest BCUT2D eigenvalue weighted by Gasteiger charge is 2.50. The fraction of sp³-hybridized carbons (Fsp3) is 0.757. The summed E-state index contributed by atoms with van der Waals surface area (Å²) in [5.41, 5.74) is 1.00. The molecule has 1 saturated carbocycles. The maximum atomic E-state index is 14.9. The number of nitrogens with zero attached hydrogens (tertiary/aromatic N) is 4. The lowest BCUT2D eigenvalue weighted by molar-refractivity contribution is -0.148. The van der Waals surface area contributed by atoms with Crippen molar-refractivity contribution in [2.45, 2.75) is 122 Å². The number of hydrogen-bond donors (Lipinski definition) is 0. The van der Waals surface area contributed by atoms with E-state index in [4.69, 9.17) is 16.3 Å². The smallest absolute Gasteiger partial charge is 0.245 e. The summed E-state index contributed by atoms with van der Waals surface area (Å²) in [7, 11) is 0. The topological polar surface area (TPSA) is 73.4 Å². The molecule has 4 aliphatic rings. The molecule has 46 heavy (non-hydrogen) atoms. The third kappa shape index (κ3) is 8.10. The Bertz CT molecular complexity index is 1190. The van der Waals surface area contributed by atoms with Crippen molar-refractivity contribution in [3.05, 3.63) is 34.9 Å². The highest BCUT2D eigenvalue weighted by molar-refractivity contribution is 6.30. The highest BCUT2D eigenvalue weighted by atomic mass is 35.5. The number of rotatable bonds is 9. The molecule has 1 aromatic rings. The van der Waals surface area contributed by atoms with Crippen LogP contribution in [0.4, 0.5) is 0 Å². The fourth-order valence-electron chi connectivity index (χ4n) is 8.23. The molecule has 0 unspecified atom stereocenters. The van der Waals surface area contributed by atoms with Gasteiger partial charge in [0.2, 0.25) is 17.7 Å². The lowest BCUT2D eigenvalue weighted by Gasteiger charge is -2.40. The Kier molecular flexibility index (Phi) is 11.8. The first-order valence-corrected chi connectivity index (χ1v) is 18.3. The minimum atomic E-state index is -0.571. The van der Waals surface area contributed by atoms with Gasteiger partial charge in [-0.15, -0.1) is 0 Å². The van der Waals surface area contributed by atoms with Crippen LogP contribution < -0.4 is 0 Å². The third-order valence-corrected chi connectivity index (χ3v) is 11.4. The van der Waals surface area contributed by atoms with E-state index in [-0.39, 0.29) is 47.2 Å². The molecular formula is C37H57ClN4O4. The van der Waals surface area contributed by atoms with E-state index in [1.807, 2.05) is 34.1 Å². The first-order valence-electron chi connectivity index (χ1n) is 18.0. The van der Waals surface area contributed by atoms with Gasteiger partial charge in [-0.3, -0.25) is 19.3 Å². The molecular weight excluding hydrogens is 600 g/mol. The summed E-state index contributed by atoms with van der Waals surface area (Å²) in [6.45, 7) is 15.0. The molecule has 5 rings (SSSR count). The predicted molar refractivity (Wildman–Crippen MR) is 183 cm³/mol. The summed E-state index contributed by atoms with van der Waals surface area (Å²) in [4.78, 5) is 51.5. The van der Waals surface area contributed by atoms with Crippen molar-refractivity contribution in [3.63, 3.8) is 0 Å². The van der Waals surface area contributed by atoms with Crippen LogP contribution in [-0.4, -0.2) is 107 Å². The van der Waals surface area contributed by atoms with Crippen LogP contribution in [0.15, 0.2) is 24.3 Å². The molecule has 0 aromatic heterocycles. The van der Waals surface area contributed by atoms with E-state index in [0.717, 1.165) is 57.1 Å². The van der Waals surface area contributed by atoms with Gasteiger partial charge in [0, 0.05) is 61.7 Å². The lowest BCUT2D eigenvalue weighted by Crippen LogP contribution is -2.52. The largest absolute Gasteiger partial charge is 0.378 e. The van der Waals surface area contributed by atoms with Gasteiger partial charge in [-0.05, 0) is 82.9 Å². The molecule has 9 heteroatoms. The number of morpholine rings is 1. The van der Waals surface area contributed by atoms with E-state index in [9.17, 15) is 14.4 Å². The molecule has 4 atom stereocenters. The minimum Gasteiger partial charge on any atom is -0.378 e. The second-order valence-electron chi connectivity index (χ2n) is 15.3. The Morgan fingerprint density at radius 2 is 1.59 bits per heavy atom. The standard InChI is InChI=1S/C37H57ClN4O4/c1-6-7-8-9-34(43)42(29-16-10-26(2)11-17-29)30-22-33(36(45)39-18-20-46-21-19-39)41(23-30)35(44)32-25-40(37(3,4)5)24-31(32)27-12-14-28(38)15-13-27/h12-15,26,29-33H,6-11,16-25H2,1-5H3/t26?,29?,30-,31-,32+,33-/m0/s1. The zero-order valence-corrected chi connectivity index (χ0v) is 29.6. The number of likely N-dealkylation sites (tertiary alicyclic amines) is 2. The normalized spacial score (nSPS) is 29.3. The van der Waals surface area contributed by atoms with Crippen molar-refractivity contribution in [1.29, 1.82) is 0 Å².